The summed E-state index contributed by atoms with van der Waals surface area (Å²) in [6, 6.07) is 1.94. The quantitative estimate of drug-likeness (QED) is 0.878. The first kappa shape index (κ1) is 12.6. The molecule has 5 heteroatoms. The second-order valence-corrected chi connectivity index (χ2v) is 5.81. The van der Waals surface area contributed by atoms with Gasteiger partial charge in [0.15, 0.2) is 11.6 Å². The predicted octanol–water partition coefficient (Wildman–Crippen LogP) is 2.01. The first-order valence-corrected chi connectivity index (χ1v) is 6.91. The molecule has 0 amide bonds. The van der Waals surface area contributed by atoms with Crippen molar-refractivity contribution in [2.45, 2.75) is 31.7 Å². The normalized spacial score (nSPS) is 25.1. The molecule has 1 saturated heterocycles. The van der Waals surface area contributed by atoms with Crippen LogP contribution in [0.15, 0.2) is 12.3 Å². The summed E-state index contributed by atoms with van der Waals surface area (Å²) in [7, 11) is 0. The van der Waals surface area contributed by atoms with Gasteiger partial charge in [-0.05, 0) is 13.0 Å². The van der Waals surface area contributed by atoms with Crippen molar-refractivity contribution in [1.82, 2.24) is 4.98 Å². The van der Waals surface area contributed by atoms with E-state index in [1.807, 2.05) is 11.8 Å². The molecule has 2 N–H and O–H groups in total. The lowest BCUT2D eigenvalue weighted by molar-refractivity contribution is 0.563. The topological polar surface area (TPSA) is 42.2 Å². The first-order chi connectivity index (χ1) is 8.15. The molecule has 2 rings (SSSR count). The maximum Gasteiger partial charge on any atom is 0.170 e. The van der Waals surface area contributed by atoms with Gasteiger partial charge >= 0.3 is 0 Å². The highest BCUT2D eigenvalue weighted by Gasteiger charge is 2.28. The van der Waals surface area contributed by atoms with Crippen molar-refractivity contribution in [3.63, 3.8) is 0 Å². The minimum Gasteiger partial charge on any atom is -0.350 e. The highest BCUT2D eigenvalue weighted by atomic mass is 32.2. The van der Waals surface area contributed by atoms with Crippen LogP contribution in [0, 0.1) is 5.82 Å². The van der Waals surface area contributed by atoms with E-state index >= 15 is 0 Å². The van der Waals surface area contributed by atoms with Crippen LogP contribution in [0.4, 0.5) is 10.2 Å². The summed E-state index contributed by atoms with van der Waals surface area (Å²) in [4.78, 5) is 6.23. The van der Waals surface area contributed by atoms with Crippen molar-refractivity contribution in [3.05, 3.63) is 23.6 Å². The highest BCUT2D eigenvalue weighted by molar-refractivity contribution is 8.00. The Morgan fingerprint density at radius 3 is 3.06 bits per heavy atom. The zero-order valence-corrected chi connectivity index (χ0v) is 11.0. The monoisotopic (exact) mass is 255 g/mol. The number of rotatable bonds is 2. The van der Waals surface area contributed by atoms with Crippen LogP contribution in [0.5, 0.6) is 0 Å². The number of hydrogen-bond donors (Lipinski definition) is 1. The molecule has 0 aliphatic carbocycles. The summed E-state index contributed by atoms with van der Waals surface area (Å²) in [5, 5.41) is 0.492. The third kappa shape index (κ3) is 2.40. The largest absolute Gasteiger partial charge is 0.350 e. The van der Waals surface area contributed by atoms with E-state index in [0.29, 0.717) is 22.7 Å². The van der Waals surface area contributed by atoms with Crippen LogP contribution in [-0.4, -0.2) is 28.6 Å². The molecule has 2 atom stereocenters. The van der Waals surface area contributed by atoms with Gasteiger partial charge in [-0.25, -0.2) is 9.37 Å². The molecule has 2 unspecified atom stereocenters. The van der Waals surface area contributed by atoms with E-state index in [-0.39, 0.29) is 12.4 Å². The van der Waals surface area contributed by atoms with Crippen molar-refractivity contribution < 1.29 is 4.39 Å². The summed E-state index contributed by atoms with van der Waals surface area (Å²) in [5.41, 5.74) is 6.06. The molecule has 17 heavy (non-hydrogen) atoms. The van der Waals surface area contributed by atoms with Crippen molar-refractivity contribution in [1.29, 1.82) is 0 Å². The average molecular weight is 255 g/mol. The van der Waals surface area contributed by atoms with Gasteiger partial charge in [0.25, 0.3) is 0 Å². The Kier molecular flexibility index (Phi) is 3.89. The molecule has 94 valence electrons. The summed E-state index contributed by atoms with van der Waals surface area (Å²) < 4.78 is 14.2. The fourth-order valence-corrected chi connectivity index (χ4v) is 3.16. The second-order valence-electron chi connectivity index (χ2n) is 4.32. The van der Waals surface area contributed by atoms with Crippen molar-refractivity contribution >= 4 is 17.6 Å². The number of halogens is 1. The third-order valence-electron chi connectivity index (χ3n) is 3.33. The van der Waals surface area contributed by atoms with Gasteiger partial charge in [0.05, 0.1) is 0 Å². The molecule has 2 heterocycles. The van der Waals surface area contributed by atoms with Crippen LogP contribution in [0.3, 0.4) is 0 Å². The Morgan fingerprint density at radius 1 is 1.59 bits per heavy atom. The minimum atomic E-state index is -0.263. The number of pyridine rings is 1. The first-order valence-electron chi connectivity index (χ1n) is 5.87. The number of anilines is 1. The van der Waals surface area contributed by atoms with Gasteiger partial charge in [0, 0.05) is 41.9 Å². The summed E-state index contributed by atoms with van der Waals surface area (Å²) in [6.45, 7) is 5.35. The fraction of sp³-hybridized carbons (Fsp3) is 0.583. The van der Waals surface area contributed by atoms with Crippen LogP contribution in [-0.2, 0) is 6.54 Å². The number of hydrogen-bond acceptors (Lipinski definition) is 4. The Hall–Kier alpha value is -0.810. The Balaban J connectivity index is 2.33. The molecular formula is C12H18FN3S. The molecule has 0 aromatic carbocycles. The smallest absolute Gasteiger partial charge is 0.170 e. The molecule has 0 spiro atoms. The Bertz CT molecular complexity index is 399. The Morgan fingerprint density at radius 2 is 2.35 bits per heavy atom. The van der Waals surface area contributed by atoms with E-state index < -0.39 is 0 Å². The van der Waals surface area contributed by atoms with E-state index in [0.717, 1.165) is 12.3 Å². The van der Waals surface area contributed by atoms with Gasteiger partial charge in [-0.15, -0.1) is 0 Å². The lowest BCUT2D eigenvalue weighted by atomic mass is 10.1. The zero-order valence-electron chi connectivity index (χ0n) is 10.2. The molecule has 1 aliphatic heterocycles. The van der Waals surface area contributed by atoms with E-state index in [1.165, 1.54) is 0 Å². The molecule has 1 aliphatic rings. The summed E-state index contributed by atoms with van der Waals surface area (Å²) in [6.07, 6.45) is 1.64. The maximum atomic E-state index is 14.2. The summed E-state index contributed by atoms with van der Waals surface area (Å²) in [5.74, 6) is 1.20. The molecule has 1 aromatic rings. The highest BCUT2D eigenvalue weighted by Crippen LogP contribution is 2.30. The van der Waals surface area contributed by atoms with Crippen molar-refractivity contribution in [2.75, 3.05) is 17.2 Å². The van der Waals surface area contributed by atoms with E-state index in [2.05, 4.69) is 23.7 Å². The third-order valence-corrected chi connectivity index (χ3v) is 4.66. The molecule has 3 nitrogen and oxygen atoms in total. The van der Waals surface area contributed by atoms with Gasteiger partial charge < -0.3 is 10.6 Å². The second kappa shape index (κ2) is 5.23. The zero-order chi connectivity index (χ0) is 12.4. The number of aromatic nitrogens is 1. The number of nitrogens with zero attached hydrogens (tertiary/aromatic N) is 2. The van der Waals surface area contributed by atoms with Gasteiger partial charge in [-0.1, -0.05) is 6.92 Å². The van der Waals surface area contributed by atoms with Crippen molar-refractivity contribution in [3.8, 4) is 0 Å². The number of nitrogens with two attached hydrogens (primary N) is 1. The predicted molar refractivity (Wildman–Crippen MR) is 70.8 cm³/mol. The lowest BCUT2D eigenvalue weighted by Crippen LogP contribution is -2.45. The van der Waals surface area contributed by atoms with Gasteiger partial charge in [0.2, 0.25) is 0 Å². The van der Waals surface area contributed by atoms with Crippen LogP contribution >= 0.6 is 11.8 Å². The van der Waals surface area contributed by atoms with E-state index in [1.54, 1.807) is 12.3 Å². The SMILES string of the molecule is CC1SCCN(c2nccc(CN)c2F)C1C. The van der Waals surface area contributed by atoms with Crippen molar-refractivity contribution in [2.24, 2.45) is 5.73 Å². The van der Waals surface area contributed by atoms with Gasteiger partial charge in [-0.3, -0.25) is 0 Å². The van der Waals surface area contributed by atoms with Gasteiger partial charge in [0.1, 0.15) is 0 Å². The molecule has 1 fully saturated rings. The van der Waals surface area contributed by atoms with Crippen LogP contribution in [0.25, 0.3) is 0 Å². The summed E-state index contributed by atoms with van der Waals surface area (Å²) >= 11 is 1.92. The van der Waals surface area contributed by atoms with E-state index in [4.69, 9.17) is 5.73 Å². The van der Waals surface area contributed by atoms with Crippen LogP contribution in [0.2, 0.25) is 0 Å². The molecular weight excluding hydrogens is 237 g/mol. The lowest BCUT2D eigenvalue weighted by Gasteiger charge is -2.38. The molecule has 0 radical (unpaired) electrons. The van der Waals surface area contributed by atoms with Gasteiger partial charge in [-0.2, -0.15) is 11.8 Å². The van der Waals surface area contributed by atoms with E-state index in [9.17, 15) is 4.39 Å². The minimum absolute atomic E-state index is 0.216. The molecule has 0 bridgehead atoms. The van der Waals surface area contributed by atoms with Crippen LogP contribution < -0.4 is 10.6 Å². The maximum absolute atomic E-state index is 14.2. The average Bonchev–Trinajstić information content (AvgIpc) is 2.33. The number of thioether (sulfide) groups is 1. The molecule has 0 saturated carbocycles. The Labute approximate surface area is 106 Å². The standard InChI is InChI=1S/C12H18FN3S/c1-8-9(2)17-6-5-16(8)12-11(13)10(7-14)3-4-15-12/h3-4,8-9H,5-7,14H2,1-2H3. The molecule has 1 aromatic heterocycles. The fourth-order valence-electron chi connectivity index (χ4n) is 2.06. The van der Waals surface area contributed by atoms with Crippen LogP contribution in [0.1, 0.15) is 19.4 Å².